The fraction of sp³-hybridized carbons (Fsp3) is 0.0455. The zero-order valence-electron chi connectivity index (χ0n) is 15.1. The van der Waals surface area contributed by atoms with Crippen molar-refractivity contribution in [1.82, 2.24) is 9.55 Å². The van der Waals surface area contributed by atoms with Crippen molar-refractivity contribution in [2.45, 2.75) is 6.61 Å². The third-order valence-electron chi connectivity index (χ3n) is 4.39. The molecule has 0 atom stereocenters. The van der Waals surface area contributed by atoms with Gasteiger partial charge >= 0.3 is 0 Å². The number of hydrogen-bond acceptors (Lipinski definition) is 4. The van der Waals surface area contributed by atoms with E-state index in [1.54, 1.807) is 42.5 Å². The number of hydrogen-bond donors (Lipinski definition) is 1. The summed E-state index contributed by atoms with van der Waals surface area (Å²) in [5.74, 6) is 0.0227. The smallest absolute Gasteiger partial charge is 0.269 e. The lowest BCUT2D eigenvalue weighted by molar-refractivity contribution is 0.0953. The minimum absolute atomic E-state index is 0.0467. The van der Waals surface area contributed by atoms with Gasteiger partial charge in [-0.05, 0) is 54.2 Å². The second kappa shape index (κ2) is 8.14. The summed E-state index contributed by atoms with van der Waals surface area (Å²) in [5.41, 5.74) is 1.44. The number of ether oxygens (including phenoxy) is 1. The molecule has 0 aliphatic carbocycles. The lowest BCUT2D eigenvalue weighted by Gasteiger charge is -2.10. The van der Waals surface area contributed by atoms with Crippen molar-refractivity contribution in [3.05, 3.63) is 104 Å². The number of carbonyl (C=O) groups excluding carboxylic acids is 1. The van der Waals surface area contributed by atoms with Gasteiger partial charge in [0.15, 0.2) is 4.77 Å². The summed E-state index contributed by atoms with van der Waals surface area (Å²) in [4.78, 5) is 28.9. The Morgan fingerprint density at radius 1 is 1.03 bits per heavy atom. The molecule has 1 heterocycles. The molecule has 1 N–H and O–H groups in total. The van der Waals surface area contributed by atoms with Crippen LogP contribution in [0.1, 0.15) is 15.9 Å². The third kappa shape index (κ3) is 4.06. The molecule has 4 rings (SSSR count). The van der Waals surface area contributed by atoms with Crippen LogP contribution in [0.3, 0.4) is 0 Å². The average Bonchev–Trinajstić information content (AvgIpc) is 2.74. The Labute approximate surface area is 179 Å². The van der Waals surface area contributed by atoms with Gasteiger partial charge in [0.2, 0.25) is 0 Å². The van der Waals surface area contributed by atoms with Gasteiger partial charge in [-0.25, -0.2) is 4.57 Å². The number of aromatic nitrogens is 2. The summed E-state index contributed by atoms with van der Waals surface area (Å²) in [6.07, 6.45) is 0. The Balaban J connectivity index is 1.68. The molecule has 0 saturated carbocycles. The summed E-state index contributed by atoms with van der Waals surface area (Å²) in [6.45, 7) is 0.377. The van der Waals surface area contributed by atoms with Crippen LogP contribution in [0.5, 0.6) is 5.75 Å². The predicted octanol–water partition coefficient (Wildman–Crippen LogP) is 5.09. The molecule has 0 amide bonds. The SMILES string of the molecule is O=C(c1cccc(OCc2ccccc2)c1)n1c(=S)[nH]c2ccc(Br)cc2c1=O. The van der Waals surface area contributed by atoms with E-state index < -0.39 is 11.5 Å². The van der Waals surface area contributed by atoms with Crippen molar-refractivity contribution in [3.63, 3.8) is 0 Å². The molecule has 0 radical (unpaired) electrons. The molecule has 0 bridgehead atoms. The van der Waals surface area contributed by atoms with Crippen molar-refractivity contribution >= 4 is 45.0 Å². The number of H-pyrrole nitrogens is 1. The number of nitrogens with zero attached hydrogens (tertiary/aromatic N) is 1. The van der Waals surface area contributed by atoms with E-state index in [0.29, 0.717) is 28.8 Å². The van der Waals surface area contributed by atoms with Gasteiger partial charge in [0, 0.05) is 10.0 Å². The summed E-state index contributed by atoms with van der Waals surface area (Å²) in [6, 6.07) is 21.6. The molecule has 0 spiro atoms. The first-order valence-corrected chi connectivity index (χ1v) is 9.99. The van der Waals surface area contributed by atoms with Crippen LogP contribution in [0.2, 0.25) is 0 Å². The molecule has 7 heteroatoms. The molecule has 1 aromatic heterocycles. The van der Waals surface area contributed by atoms with Gasteiger partial charge in [-0.3, -0.25) is 9.59 Å². The van der Waals surface area contributed by atoms with E-state index in [1.165, 1.54) is 0 Å². The maximum atomic E-state index is 13.1. The molecule has 0 saturated heterocycles. The average molecular weight is 467 g/mol. The molecule has 29 heavy (non-hydrogen) atoms. The van der Waals surface area contributed by atoms with Crippen LogP contribution in [0, 0.1) is 4.77 Å². The summed E-state index contributed by atoms with van der Waals surface area (Å²) in [5, 5.41) is 0.373. The van der Waals surface area contributed by atoms with Crippen molar-refractivity contribution in [2.75, 3.05) is 0 Å². The second-order valence-electron chi connectivity index (χ2n) is 6.37. The van der Waals surface area contributed by atoms with E-state index in [4.69, 9.17) is 17.0 Å². The van der Waals surface area contributed by atoms with E-state index in [-0.39, 0.29) is 4.77 Å². The first kappa shape index (κ1) is 19.3. The Bertz CT molecular complexity index is 1330. The molecule has 144 valence electrons. The van der Waals surface area contributed by atoms with E-state index in [0.717, 1.165) is 14.6 Å². The van der Waals surface area contributed by atoms with Gasteiger partial charge in [-0.2, -0.15) is 0 Å². The number of halogens is 1. The quantitative estimate of drug-likeness (QED) is 0.425. The van der Waals surface area contributed by atoms with Gasteiger partial charge in [-0.1, -0.05) is 52.3 Å². The van der Waals surface area contributed by atoms with E-state index in [9.17, 15) is 9.59 Å². The minimum atomic E-state index is -0.511. The number of aromatic amines is 1. The number of benzene rings is 3. The van der Waals surface area contributed by atoms with Crippen LogP contribution >= 0.6 is 28.1 Å². The number of fused-ring (bicyclic) bond motifs is 1. The van der Waals surface area contributed by atoms with Gasteiger partial charge in [-0.15, -0.1) is 0 Å². The van der Waals surface area contributed by atoms with E-state index in [1.807, 2.05) is 30.3 Å². The van der Waals surface area contributed by atoms with Crippen molar-refractivity contribution < 1.29 is 9.53 Å². The van der Waals surface area contributed by atoms with Crippen molar-refractivity contribution in [1.29, 1.82) is 0 Å². The monoisotopic (exact) mass is 466 g/mol. The molecular formula is C22H15BrN2O3S. The highest BCUT2D eigenvalue weighted by atomic mass is 79.9. The summed E-state index contributed by atoms with van der Waals surface area (Å²) < 4.78 is 7.54. The van der Waals surface area contributed by atoms with Crippen molar-refractivity contribution in [3.8, 4) is 5.75 Å². The molecule has 5 nitrogen and oxygen atoms in total. The Hall–Kier alpha value is -3.03. The highest BCUT2D eigenvalue weighted by molar-refractivity contribution is 9.10. The van der Waals surface area contributed by atoms with Gasteiger partial charge < -0.3 is 9.72 Å². The molecular weight excluding hydrogens is 452 g/mol. The predicted molar refractivity (Wildman–Crippen MR) is 118 cm³/mol. The second-order valence-corrected chi connectivity index (χ2v) is 7.67. The maximum absolute atomic E-state index is 13.1. The first-order chi connectivity index (χ1) is 14.0. The van der Waals surface area contributed by atoms with E-state index in [2.05, 4.69) is 20.9 Å². The molecule has 3 aromatic carbocycles. The zero-order chi connectivity index (χ0) is 20.4. The Morgan fingerprint density at radius 3 is 2.62 bits per heavy atom. The van der Waals surface area contributed by atoms with Crippen LogP contribution < -0.4 is 10.3 Å². The minimum Gasteiger partial charge on any atom is -0.489 e. The van der Waals surface area contributed by atoms with Gasteiger partial charge in [0.05, 0.1) is 10.9 Å². The standard InChI is InChI=1S/C22H15BrN2O3S/c23-16-9-10-19-18(12-16)21(27)25(22(29)24-19)20(26)15-7-4-8-17(11-15)28-13-14-5-2-1-3-6-14/h1-12H,13H2,(H,24,29). The van der Waals surface area contributed by atoms with Crippen LogP contribution in [0.4, 0.5) is 0 Å². The fourth-order valence-corrected chi connectivity index (χ4v) is 3.60. The van der Waals surface area contributed by atoms with Crippen LogP contribution in [-0.4, -0.2) is 15.5 Å². The number of nitrogens with one attached hydrogen (secondary N) is 1. The summed E-state index contributed by atoms with van der Waals surface area (Å²) >= 11 is 8.62. The summed E-state index contributed by atoms with van der Waals surface area (Å²) in [7, 11) is 0. The van der Waals surface area contributed by atoms with E-state index >= 15 is 0 Å². The molecule has 0 unspecified atom stereocenters. The lowest BCUT2D eigenvalue weighted by Crippen LogP contribution is -2.29. The van der Waals surface area contributed by atoms with Crippen LogP contribution in [0.25, 0.3) is 10.9 Å². The zero-order valence-corrected chi connectivity index (χ0v) is 17.5. The molecule has 0 aliphatic rings. The lowest BCUT2D eigenvalue weighted by atomic mass is 10.2. The van der Waals surface area contributed by atoms with Crippen molar-refractivity contribution in [2.24, 2.45) is 0 Å². The molecule has 4 aromatic rings. The van der Waals surface area contributed by atoms with Gasteiger partial charge in [0.1, 0.15) is 12.4 Å². The largest absolute Gasteiger partial charge is 0.489 e. The maximum Gasteiger partial charge on any atom is 0.269 e. The van der Waals surface area contributed by atoms with Crippen LogP contribution in [-0.2, 0) is 6.61 Å². The highest BCUT2D eigenvalue weighted by Crippen LogP contribution is 2.18. The number of rotatable bonds is 4. The Kier molecular flexibility index (Phi) is 5.42. The third-order valence-corrected chi connectivity index (χ3v) is 5.17. The highest BCUT2D eigenvalue weighted by Gasteiger charge is 2.15. The first-order valence-electron chi connectivity index (χ1n) is 8.79. The topological polar surface area (TPSA) is 64.1 Å². The normalized spacial score (nSPS) is 10.8. The Morgan fingerprint density at radius 2 is 1.83 bits per heavy atom. The molecule has 0 fully saturated rings. The van der Waals surface area contributed by atoms with Gasteiger partial charge in [0.25, 0.3) is 11.5 Å². The van der Waals surface area contributed by atoms with Crippen LogP contribution in [0.15, 0.2) is 82.1 Å². The fourth-order valence-electron chi connectivity index (χ4n) is 2.96. The molecule has 0 aliphatic heterocycles. The number of carbonyl (C=O) groups is 1.